The lowest BCUT2D eigenvalue weighted by Gasteiger charge is -2.19. The minimum atomic E-state index is -0.445. The van der Waals surface area contributed by atoms with Gasteiger partial charge >= 0.3 is 0 Å². The molecule has 1 aliphatic rings. The van der Waals surface area contributed by atoms with Gasteiger partial charge in [0.25, 0.3) is 0 Å². The van der Waals surface area contributed by atoms with Gasteiger partial charge < -0.3 is 15.2 Å². The highest BCUT2D eigenvalue weighted by Crippen LogP contribution is 2.39. The van der Waals surface area contributed by atoms with Crippen molar-refractivity contribution in [3.63, 3.8) is 0 Å². The number of phenolic OH excluding ortho intramolecular Hbond substituents is 1. The molecule has 0 radical (unpaired) electrons. The van der Waals surface area contributed by atoms with Gasteiger partial charge in [0.2, 0.25) is 11.0 Å². The molecule has 0 fully saturated rings. The predicted octanol–water partition coefficient (Wildman–Crippen LogP) is 3.86. The smallest absolute Gasteiger partial charge is 0.247 e. The molecular formula is C18H16N4O2S. The van der Waals surface area contributed by atoms with Crippen molar-refractivity contribution in [1.82, 2.24) is 15.2 Å². The van der Waals surface area contributed by atoms with Crippen LogP contribution in [-0.2, 0) is 0 Å². The predicted molar refractivity (Wildman–Crippen MR) is 96.8 cm³/mol. The Bertz CT molecular complexity index is 902. The normalized spacial score (nSPS) is 15.3. The van der Waals surface area contributed by atoms with Gasteiger partial charge in [-0.2, -0.15) is 4.98 Å². The topological polar surface area (TPSA) is 80.2 Å². The van der Waals surface area contributed by atoms with Crippen LogP contribution in [0.5, 0.6) is 11.6 Å². The Kier molecular flexibility index (Phi) is 4.15. The van der Waals surface area contributed by atoms with Gasteiger partial charge in [-0.3, -0.25) is 0 Å². The van der Waals surface area contributed by atoms with Crippen LogP contribution in [0.2, 0.25) is 0 Å². The number of hydrogen-bond donors (Lipinski definition) is 2. The van der Waals surface area contributed by atoms with Crippen LogP contribution >= 0.6 is 11.8 Å². The highest BCUT2D eigenvalue weighted by atomic mass is 32.2. The molecule has 0 aliphatic carbocycles. The van der Waals surface area contributed by atoms with Gasteiger partial charge in [0.1, 0.15) is 5.75 Å². The Morgan fingerprint density at radius 2 is 1.92 bits per heavy atom. The molecule has 1 unspecified atom stereocenters. The summed E-state index contributed by atoms with van der Waals surface area (Å²) in [7, 11) is 0. The number of thioether (sulfide) groups is 1. The molecular weight excluding hydrogens is 336 g/mol. The van der Waals surface area contributed by atoms with Crippen molar-refractivity contribution in [3.05, 3.63) is 54.1 Å². The zero-order valence-corrected chi connectivity index (χ0v) is 14.3. The Morgan fingerprint density at radius 1 is 1.12 bits per heavy atom. The van der Waals surface area contributed by atoms with Crippen molar-refractivity contribution in [2.75, 3.05) is 11.1 Å². The van der Waals surface area contributed by atoms with Gasteiger partial charge in [0, 0.05) is 16.8 Å². The van der Waals surface area contributed by atoms with Gasteiger partial charge in [-0.1, -0.05) is 36.9 Å². The highest BCUT2D eigenvalue weighted by molar-refractivity contribution is 7.99. The summed E-state index contributed by atoms with van der Waals surface area (Å²) in [6.07, 6.45) is -0.445. The van der Waals surface area contributed by atoms with E-state index in [0.29, 0.717) is 16.7 Å². The molecule has 6 nitrogen and oxygen atoms in total. The average Bonchev–Trinajstić information content (AvgIpc) is 2.79. The van der Waals surface area contributed by atoms with Gasteiger partial charge in [0.15, 0.2) is 11.9 Å². The second-order valence-corrected chi connectivity index (χ2v) is 6.69. The number of hydrogen-bond acceptors (Lipinski definition) is 7. The van der Waals surface area contributed by atoms with Gasteiger partial charge in [0.05, 0.1) is 0 Å². The SMILES string of the molecule is CCSc1nnc2c(n1)OC(c1ccc(O)cc1)Nc1ccccc1-2. The minimum absolute atomic E-state index is 0.212. The summed E-state index contributed by atoms with van der Waals surface area (Å²) >= 11 is 1.52. The first-order chi connectivity index (χ1) is 12.2. The van der Waals surface area contributed by atoms with E-state index >= 15 is 0 Å². The molecule has 4 rings (SSSR count). The summed E-state index contributed by atoms with van der Waals surface area (Å²) in [5.41, 5.74) is 3.28. The number of aromatic hydroxyl groups is 1. The number of fused-ring (bicyclic) bond motifs is 3. The molecule has 1 aromatic heterocycles. The van der Waals surface area contributed by atoms with E-state index in [1.165, 1.54) is 11.8 Å². The Balaban J connectivity index is 1.82. The fourth-order valence-corrected chi connectivity index (χ4v) is 3.14. The second kappa shape index (κ2) is 6.60. The Hall–Kier alpha value is -2.80. The lowest BCUT2D eigenvalue weighted by Crippen LogP contribution is -2.17. The molecule has 126 valence electrons. The molecule has 0 saturated heterocycles. The first-order valence-electron chi connectivity index (χ1n) is 7.93. The zero-order chi connectivity index (χ0) is 17.2. The summed E-state index contributed by atoms with van der Waals surface area (Å²) < 4.78 is 6.13. The number of benzene rings is 2. The fraction of sp³-hybridized carbons (Fsp3) is 0.167. The van der Waals surface area contributed by atoms with Crippen LogP contribution < -0.4 is 10.1 Å². The number of para-hydroxylation sites is 1. The largest absolute Gasteiger partial charge is 0.508 e. The fourth-order valence-electron chi connectivity index (χ4n) is 2.64. The van der Waals surface area contributed by atoms with Crippen LogP contribution in [-0.4, -0.2) is 26.0 Å². The molecule has 1 atom stereocenters. The molecule has 0 bridgehead atoms. The Morgan fingerprint density at radius 3 is 2.72 bits per heavy atom. The quantitative estimate of drug-likeness (QED) is 0.693. The molecule has 0 spiro atoms. The molecule has 0 amide bonds. The van der Waals surface area contributed by atoms with E-state index < -0.39 is 6.23 Å². The lowest BCUT2D eigenvalue weighted by molar-refractivity contribution is 0.225. The summed E-state index contributed by atoms with van der Waals surface area (Å²) in [6, 6.07) is 14.7. The van der Waals surface area contributed by atoms with Gasteiger partial charge in [-0.25, -0.2) is 0 Å². The second-order valence-electron chi connectivity index (χ2n) is 5.46. The number of nitrogens with zero attached hydrogens (tertiary/aromatic N) is 3. The van der Waals surface area contributed by atoms with Crippen molar-refractivity contribution in [2.24, 2.45) is 0 Å². The molecule has 7 heteroatoms. The van der Waals surface area contributed by atoms with Crippen molar-refractivity contribution >= 4 is 17.4 Å². The molecule has 3 aromatic rings. The third kappa shape index (κ3) is 3.10. The summed E-state index contributed by atoms with van der Waals surface area (Å²) in [5, 5.41) is 22.0. The molecule has 2 aromatic carbocycles. The van der Waals surface area contributed by atoms with Crippen LogP contribution in [0.25, 0.3) is 11.3 Å². The number of rotatable bonds is 3. The minimum Gasteiger partial charge on any atom is -0.508 e. The van der Waals surface area contributed by atoms with Crippen molar-refractivity contribution < 1.29 is 9.84 Å². The van der Waals surface area contributed by atoms with E-state index in [2.05, 4.69) is 20.5 Å². The number of phenols is 1. The molecule has 1 aliphatic heterocycles. The van der Waals surface area contributed by atoms with Crippen molar-refractivity contribution in [1.29, 1.82) is 0 Å². The van der Waals surface area contributed by atoms with Crippen LogP contribution in [0.15, 0.2) is 53.7 Å². The van der Waals surface area contributed by atoms with E-state index in [1.54, 1.807) is 12.1 Å². The Labute approximate surface area is 149 Å². The van der Waals surface area contributed by atoms with E-state index in [1.807, 2.05) is 43.3 Å². The van der Waals surface area contributed by atoms with E-state index in [9.17, 15) is 5.11 Å². The first kappa shape index (κ1) is 15.7. The standard InChI is InChI=1S/C18H16N4O2S/c1-2-25-18-20-17-15(21-22-18)13-5-3-4-6-14(13)19-16(24-17)11-7-9-12(23)10-8-11/h3-10,16,19,23H,2H2,1H3. The maximum atomic E-state index is 9.53. The van der Waals surface area contributed by atoms with Crippen LogP contribution in [0, 0.1) is 0 Å². The number of nitrogens with one attached hydrogen (secondary N) is 1. The number of ether oxygens (including phenoxy) is 1. The average molecular weight is 352 g/mol. The molecule has 2 N–H and O–H groups in total. The van der Waals surface area contributed by atoms with Crippen molar-refractivity contribution in [2.45, 2.75) is 18.3 Å². The maximum Gasteiger partial charge on any atom is 0.247 e. The van der Waals surface area contributed by atoms with Crippen LogP contribution in [0.4, 0.5) is 5.69 Å². The molecule has 0 saturated carbocycles. The summed E-state index contributed by atoms with van der Waals surface area (Å²) in [4.78, 5) is 4.53. The van der Waals surface area contributed by atoms with E-state index in [0.717, 1.165) is 22.6 Å². The maximum absolute atomic E-state index is 9.53. The summed E-state index contributed by atoms with van der Waals surface area (Å²) in [6.45, 7) is 2.04. The van der Waals surface area contributed by atoms with Gasteiger partial charge in [-0.05, 0) is 36.1 Å². The highest BCUT2D eigenvalue weighted by Gasteiger charge is 2.25. The molecule has 2 heterocycles. The van der Waals surface area contributed by atoms with E-state index in [-0.39, 0.29) is 5.75 Å². The number of anilines is 1. The third-order valence-electron chi connectivity index (χ3n) is 3.80. The first-order valence-corrected chi connectivity index (χ1v) is 8.92. The lowest BCUT2D eigenvalue weighted by atomic mass is 10.1. The molecule has 25 heavy (non-hydrogen) atoms. The summed E-state index contributed by atoms with van der Waals surface area (Å²) in [5.74, 6) is 1.52. The van der Waals surface area contributed by atoms with E-state index in [4.69, 9.17) is 4.74 Å². The van der Waals surface area contributed by atoms with Crippen LogP contribution in [0.3, 0.4) is 0 Å². The number of aromatic nitrogens is 3. The monoisotopic (exact) mass is 352 g/mol. The zero-order valence-electron chi connectivity index (χ0n) is 13.5. The third-order valence-corrected chi connectivity index (χ3v) is 4.52. The van der Waals surface area contributed by atoms with Crippen molar-refractivity contribution in [3.8, 4) is 22.9 Å². The van der Waals surface area contributed by atoms with Crippen LogP contribution in [0.1, 0.15) is 18.7 Å². The van der Waals surface area contributed by atoms with Gasteiger partial charge in [-0.15, -0.1) is 10.2 Å².